The van der Waals surface area contributed by atoms with Gasteiger partial charge in [0.05, 0.1) is 22.8 Å². The molecule has 1 fully saturated rings. The third kappa shape index (κ3) is 5.23. The van der Waals surface area contributed by atoms with Gasteiger partial charge in [-0.25, -0.2) is 4.79 Å². The van der Waals surface area contributed by atoms with Gasteiger partial charge in [-0.05, 0) is 85.6 Å². The third-order valence-corrected chi connectivity index (χ3v) is 8.09. The van der Waals surface area contributed by atoms with E-state index in [9.17, 15) is 10.1 Å². The van der Waals surface area contributed by atoms with E-state index < -0.39 is 24.4 Å². The van der Waals surface area contributed by atoms with Crippen molar-refractivity contribution >= 4 is 19.3 Å². The van der Waals surface area contributed by atoms with Crippen LogP contribution in [-0.2, 0) is 14.0 Å². The molecule has 3 aromatic rings. The van der Waals surface area contributed by atoms with E-state index >= 15 is 0 Å². The zero-order chi connectivity index (χ0) is 27.8. The average molecular weight is 520 g/mol. The molecule has 2 aliphatic rings. The van der Waals surface area contributed by atoms with Crippen molar-refractivity contribution in [1.29, 1.82) is 5.26 Å². The number of alkyl carbamates (subject to hydrolysis) is 1. The maximum atomic E-state index is 12.9. The Morgan fingerprint density at radius 3 is 2.18 bits per heavy atom. The summed E-state index contributed by atoms with van der Waals surface area (Å²) < 4.78 is 18.3. The number of nitrogens with one attached hydrogen (secondary N) is 1. The molecule has 1 heterocycles. The number of rotatable bonds is 6. The monoisotopic (exact) mass is 520 g/mol. The number of ether oxygens (including phenoxy) is 1. The Morgan fingerprint density at radius 1 is 1.00 bits per heavy atom. The Labute approximate surface area is 230 Å². The van der Waals surface area contributed by atoms with Gasteiger partial charge in [-0.15, -0.1) is 0 Å². The second-order valence-corrected chi connectivity index (χ2v) is 11.2. The molecular formula is C32H33BN2O4. The van der Waals surface area contributed by atoms with E-state index in [4.69, 9.17) is 14.0 Å². The number of benzene rings is 3. The highest BCUT2D eigenvalue weighted by Crippen LogP contribution is 2.44. The van der Waals surface area contributed by atoms with E-state index in [1.165, 1.54) is 11.1 Å². The highest BCUT2D eigenvalue weighted by Gasteiger charge is 2.52. The summed E-state index contributed by atoms with van der Waals surface area (Å²) in [5, 5.41) is 12.3. The van der Waals surface area contributed by atoms with Crippen molar-refractivity contribution in [2.75, 3.05) is 13.2 Å². The first-order valence-corrected chi connectivity index (χ1v) is 13.3. The SMILES string of the molecule is Cc1ccc(C#N)cc1C=C(CNC(=O)OCC1c2ccccc2-c2ccccc21)B1OC(C)(C)C(C)(C)O1. The Morgan fingerprint density at radius 2 is 1.59 bits per heavy atom. The second-order valence-electron chi connectivity index (χ2n) is 11.2. The molecule has 0 bridgehead atoms. The molecule has 0 saturated carbocycles. The molecule has 1 saturated heterocycles. The van der Waals surface area contributed by atoms with Gasteiger partial charge >= 0.3 is 13.2 Å². The number of carbonyl (C=O) groups is 1. The summed E-state index contributed by atoms with van der Waals surface area (Å²) in [5.41, 5.74) is 6.79. The maximum Gasteiger partial charge on any atom is 0.492 e. The molecule has 0 radical (unpaired) electrons. The van der Waals surface area contributed by atoms with Gasteiger partial charge in [0, 0.05) is 12.5 Å². The normalized spacial score (nSPS) is 17.3. The van der Waals surface area contributed by atoms with Crippen LogP contribution in [0.15, 0.2) is 72.2 Å². The molecular weight excluding hydrogens is 487 g/mol. The highest BCUT2D eigenvalue weighted by atomic mass is 16.7. The number of amides is 1. The fourth-order valence-electron chi connectivity index (χ4n) is 5.09. The van der Waals surface area contributed by atoms with Crippen molar-refractivity contribution < 1.29 is 18.8 Å². The minimum Gasteiger partial charge on any atom is -0.449 e. The Hall–Kier alpha value is -3.86. The van der Waals surface area contributed by atoms with E-state index in [1.54, 1.807) is 6.07 Å². The van der Waals surface area contributed by atoms with Crippen LogP contribution >= 0.6 is 0 Å². The number of nitriles is 1. The molecule has 0 aromatic heterocycles. The predicted octanol–water partition coefficient (Wildman–Crippen LogP) is 6.42. The molecule has 7 heteroatoms. The summed E-state index contributed by atoms with van der Waals surface area (Å²) in [5.74, 6) is -0.0161. The van der Waals surface area contributed by atoms with Crippen molar-refractivity contribution in [3.8, 4) is 17.2 Å². The van der Waals surface area contributed by atoms with Gasteiger partial charge in [0.1, 0.15) is 6.61 Å². The van der Waals surface area contributed by atoms with Crippen LogP contribution in [0.1, 0.15) is 61.4 Å². The molecule has 39 heavy (non-hydrogen) atoms. The Balaban J connectivity index is 1.33. The Kier molecular flexibility index (Phi) is 7.11. The van der Waals surface area contributed by atoms with Gasteiger partial charge in [-0.2, -0.15) is 5.26 Å². The largest absolute Gasteiger partial charge is 0.492 e. The number of hydrogen-bond acceptors (Lipinski definition) is 5. The minimum absolute atomic E-state index is 0.0161. The van der Waals surface area contributed by atoms with Gasteiger partial charge in [-0.1, -0.05) is 60.7 Å². The standard InChI is InChI=1S/C32H33BN2O4/c1-21-14-15-22(18-34)16-23(21)17-24(33-38-31(2,3)32(4,5)39-33)19-35-30(36)37-20-29-27-12-8-6-10-25(27)26-11-7-9-13-28(26)29/h6-17,29H,19-20H2,1-5H3,(H,35,36). The summed E-state index contributed by atoms with van der Waals surface area (Å²) in [6, 6.07) is 24.2. The summed E-state index contributed by atoms with van der Waals surface area (Å²) in [7, 11) is -0.658. The van der Waals surface area contributed by atoms with E-state index in [-0.39, 0.29) is 19.1 Å². The number of nitrogens with zero attached hydrogens (tertiary/aromatic N) is 1. The van der Waals surface area contributed by atoms with Crippen molar-refractivity contribution in [3.05, 3.63) is 100 Å². The van der Waals surface area contributed by atoms with Gasteiger partial charge in [-0.3, -0.25) is 0 Å². The molecule has 1 aliphatic carbocycles. The second kappa shape index (κ2) is 10.4. The highest BCUT2D eigenvalue weighted by molar-refractivity contribution is 6.56. The molecule has 1 amide bonds. The van der Waals surface area contributed by atoms with Crippen LogP contribution in [0.3, 0.4) is 0 Å². The molecule has 0 spiro atoms. The van der Waals surface area contributed by atoms with Crippen LogP contribution in [0.25, 0.3) is 17.2 Å². The van der Waals surface area contributed by atoms with Crippen molar-refractivity contribution in [3.63, 3.8) is 0 Å². The lowest BCUT2D eigenvalue weighted by molar-refractivity contribution is 0.00578. The molecule has 198 valence electrons. The number of hydrogen-bond donors (Lipinski definition) is 1. The van der Waals surface area contributed by atoms with Gasteiger partial charge in [0.25, 0.3) is 0 Å². The van der Waals surface area contributed by atoms with Crippen LogP contribution in [0, 0.1) is 18.3 Å². The quantitative estimate of drug-likeness (QED) is 0.380. The molecule has 1 aliphatic heterocycles. The van der Waals surface area contributed by atoms with Gasteiger partial charge in [0.2, 0.25) is 0 Å². The molecule has 0 unspecified atom stereocenters. The molecule has 3 aromatic carbocycles. The summed E-state index contributed by atoms with van der Waals surface area (Å²) >= 11 is 0. The lowest BCUT2D eigenvalue weighted by atomic mass is 9.76. The number of aryl methyl sites for hydroxylation is 1. The first-order valence-electron chi connectivity index (χ1n) is 13.3. The van der Waals surface area contributed by atoms with Crippen molar-refractivity contribution in [2.45, 2.75) is 51.7 Å². The van der Waals surface area contributed by atoms with Gasteiger partial charge < -0.3 is 19.4 Å². The minimum atomic E-state index is -0.658. The van der Waals surface area contributed by atoms with Gasteiger partial charge in [0.15, 0.2) is 0 Å². The van der Waals surface area contributed by atoms with Crippen LogP contribution in [0.5, 0.6) is 0 Å². The Bertz CT molecular complexity index is 1430. The van der Waals surface area contributed by atoms with Crippen LogP contribution < -0.4 is 5.32 Å². The topological polar surface area (TPSA) is 80.6 Å². The zero-order valence-electron chi connectivity index (χ0n) is 23.1. The number of carbonyl (C=O) groups excluding carboxylic acids is 1. The zero-order valence-corrected chi connectivity index (χ0v) is 23.1. The van der Waals surface area contributed by atoms with Crippen LogP contribution in [-0.4, -0.2) is 37.6 Å². The molecule has 1 N–H and O–H groups in total. The van der Waals surface area contributed by atoms with Crippen molar-refractivity contribution in [2.24, 2.45) is 0 Å². The summed E-state index contributed by atoms with van der Waals surface area (Å²) in [4.78, 5) is 12.9. The maximum absolute atomic E-state index is 12.9. The third-order valence-electron chi connectivity index (χ3n) is 8.09. The molecule has 5 rings (SSSR count). The molecule has 0 atom stereocenters. The predicted molar refractivity (Wildman–Crippen MR) is 153 cm³/mol. The summed E-state index contributed by atoms with van der Waals surface area (Å²) in [6.45, 7) is 10.4. The van der Waals surface area contributed by atoms with Crippen molar-refractivity contribution in [1.82, 2.24) is 5.32 Å². The average Bonchev–Trinajstić information content (AvgIpc) is 3.35. The lowest BCUT2D eigenvalue weighted by Gasteiger charge is -2.32. The first kappa shape index (κ1) is 26.7. The lowest BCUT2D eigenvalue weighted by Crippen LogP contribution is -2.41. The first-order chi connectivity index (χ1) is 18.6. The molecule has 6 nitrogen and oxygen atoms in total. The van der Waals surface area contributed by atoms with E-state index in [0.717, 1.165) is 27.7 Å². The van der Waals surface area contributed by atoms with Crippen LogP contribution in [0.2, 0.25) is 0 Å². The smallest absolute Gasteiger partial charge is 0.449 e. The van der Waals surface area contributed by atoms with E-state index in [2.05, 4.69) is 35.7 Å². The number of fused-ring (bicyclic) bond motifs is 3. The van der Waals surface area contributed by atoms with Crippen LogP contribution in [0.4, 0.5) is 4.79 Å². The van der Waals surface area contributed by atoms with E-state index in [1.807, 2.05) is 77.1 Å². The fraction of sp³-hybridized carbons (Fsp3) is 0.312. The fourth-order valence-corrected chi connectivity index (χ4v) is 5.09. The van der Waals surface area contributed by atoms with E-state index in [0.29, 0.717) is 5.56 Å². The summed E-state index contributed by atoms with van der Waals surface area (Å²) in [6.07, 6.45) is 1.42.